The van der Waals surface area contributed by atoms with E-state index in [0.717, 1.165) is 11.1 Å². The molecule has 0 aliphatic heterocycles. The van der Waals surface area contributed by atoms with Gasteiger partial charge in [-0.1, -0.05) is 30.4 Å². The van der Waals surface area contributed by atoms with Crippen LogP contribution in [-0.4, -0.2) is 31.5 Å². The van der Waals surface area contributed by atoms with E-state index in [2.05, 4.69) is 0 Å². The zero-order chi connectivity index (χ0) is 16.8. The Morgan fingerprint density at radius 2 is 1.65 bits per heavy atom. The molecular weight excluding hydrogens is 296 g/mol. The number of hydrogen-bond acceptors (Lipinski definition) is 5. The molecule has 0 atom stereocenters. The van der Waals surface area contributed by atoms with E-state index < -0.39 is 0 Å². The molecule has 0 saturated carbocycles. The van der Waals surface area contributed by atoms with Gasteiger partial charge >= 0.3 is 0 Å². The Kier molecular flexibility index (Phi) is 5.36. The molecule has 0 aliphatic rings. The molecule has 2 aromatic carbocycles. The highest BCUT2D eigenvalue weighted by molar-refractivity contribution is 5.63. The molecule has 0 spiro atoms. The van der Waals surface area contributed by atoms with Crippen molar-refractivity contribution in [1.82, 2.24) is 0 Å². The van der Waals surface area contributed by atoms with Gasteiger partial charge in [-0.2, -0.15) is 0 Å². The Morgan fingerprint density at radius 3 is 2.30 bits per heavy atom. The van der Waals surface area contributed by atoms with Gasteiger partial charge in [0.05, 0.1) is 21.3 Å². The van der Waals surface area contributed by atoms with Crippen LogP contribution in [0.5, 0.6) is 28.7 Å². The second-order valence-corrected chi connectivity index (χ2v) is 4.81. The summed E-state index contributed by atoms with van der Waals surface area (Å²) in [6.45, 7) is 0. The van der Waals surface area contributed by atoms with Crippen LogP contribution in [0.4, 0.5) is 0 Å². The zero-order valence-corrected chi connectivity index (χ0v) is 13.4. The Hall–Kier alpha value is -2.82. The summed E-state index contributed by atoms with van der Waals surface area (Å²) in [4.78, 5) is 0. The van der Waals surface area contributed by atoms with Crippen LogP contribution in [0.25, 0.3) is 6.08 Å². The van der Waals surface area contributed by atoms with Gasteiger partial charge in [0.2, 0.25) is 5.75 Å². The van der Waals surface area contributed by atoms with Gasteiger partial charge in [-0.15, -0.1) is 0 Å². The summed E-state index contributed by atoms with van der Waals surface area (Å²) in [6, 6.07) is 8.69. The molecule has 122 valence electrons. The molecule has 2 rings (SSSR count). The summed E-state index contributed by atoms with van der Waals surface area (Å²) < 4.78 is 15.5. The Morgan fingerprint density at radius 1 is 0.913 bits per heavy atom. The van der Waals surface area contributed by atoms with Gasteiger partial charge in [-0.25, -0.2) is 0 Å². The number of para-hydroxylation sites is 1. The quantitative estimate of drug-likeness (QED) is 0.855. The Labute approximate surface area is 135 Å². The smallest absolute Gasteiger partial charge is 0.201 e. The molecule has 5 heteroatoms. The van der Waals surface area contributed by atoms with E-state index in [1.54, 1.807) is 18.2 Å². The van der Waals surface area contributed by atoms with E-state index in [4.69, 9.17) is 14.2 Å². The van der Waals surface area contributed by atoms with Crippen molar-refractivity contribution >= 4 is 6.08 Å². The fourth-order valence-electron chi connectivity index (χ4n) is 2.36. The summed E-state index contributed by atoms with van der Waals surface area (Å²) >= 11 is 0. The molecular formula is C18H20O5. The minimum atomic E-state index is -0.0177. The van der Waals surface area contributed by atoms with Crippen LogP contribution in [0, 0.1) is 0 Å². The van der Waals surface area contributed by atoms with Crippen molar-refractivity contribution in [2.75, 3.05) is 21.3 Å². The fraction of sp³-hybridized carbons (Fsp3) is 0.222. The summed E-state index contributed by atoms with van der Waals surface area (Å²) in [5, 5.41) is 19.8. The van der Waals surface area contributed by atoms with Crippen LogP contribution in [0.15, 0.2) is 36.4 Å². The predicted molar refractivity (Wildman–Crippen MR) is 88.6 cm³/mol. The van der Waals surface area contributed by atoms with Gasteiger partial charge in [-0.05, 0) is 18.6 Å². The normalized spacial score (nSPS) is 10.7. The molecule has 0 bridgehead atoms. The van der Waals surface area contributed by atoms with Gasteiger partial charge in [-0.3, -0.25) is 0 Å². The van der Waals surface area contributed by atoms with E-state index in [1.807, 2.05) is 24.3 Å². The summed E-state index contributed by atoms with van der Waals surface area (Å²) in [5.41, 5.74) is 1.59. The van der Waals surface area contributed by atoms with Crippen molar-refractivity contribution in [1.29, 1.82) is 0 Å². The molecule has 2 N–H and O–H groups in total. The highest BCUT2D eigenvalue weighted by Crippen LogP contribution is 2.39. The molecule has 23 heavy (non-hydrogen) atoms. The number of rotatable bonds is 6. The van der Waals surface area contributed by atoms with Gasteiger partial charge in [0.15, 0.2) is 23.0 Å². The van der Waals surface area contributed by atoms with E-state index in [9.17, 15) is 10.2 Å². The van der Waals surface area contributed by atoms with Crippen LogP contribution in [0.1, 0.15) is 11.1 Å². The average molecular weight is 316 g/mol. The molecule has 0 aliphatic carbocycles. The first-order valence-corrected chi connectivity index (χ1v) is 7.07. The number of ether oxygens (including phenoxy) is 3. The lowest BCUT2D eigenvalue weighted by molar-refractivity contribution is 0.338. The van der Waals surface area contributed by atoms with Gasteiger partial charge in [0.1, 0.15) is 0 Å². The van der Waals surface area contributed by atoms with Gasteiger partial charge in [0.25, 0.3) is 0 Å². The van der Waals surface area contributed by atoms with Crippen molar-refractivity contribution in [3.05, 3.63) is 47.5 Å². The molecule has 0 amide bonds. The Balaban J connectivity index is 2.25. The number of aromatic hydroxyl groups is 2. The van der Waals surface area contributed by atoms with Crippen molar-refractivity contribution in [2.24, 2.45) is 0 Å². The third-order valence-electron chi connectivity index (χ3n) is 3.46. The largest absolute Gasteiger partial charge is 0.504 e. The first-order valence-electron chi connectivity index (χ1n) is 7.07. The van der Waals surface area contributed by atoms with E-state index in [0.29, 0.717) is 23.7 Å². The SMILES string of the molecule is COc1ccc(CC=Cc2cccc(O)c2OC)c(OC)c1O. The number of allylic oxidation sites excluding steroid dienone is 1. The predicted octanol–water partition coefficient (Wildman–Crippen LogP) is 3.38. The van der Waals surface area contributed by atoms with Gasteiger partial charge < -0.3 is 24.4 Å². The van der Waals surface area contributed by atoms with Crippen LogP contribution in [0.2, 0.25) is 0 Å². The number of phenolic OH excluding ortho intramolecular Hbond substituents is 2. The maximum Gasteiger partial charge on any atom is 0.201 e. The van der Waals surface area contributed by atoms with Crippen LogP contribution >= 0.6 is 0 Å². The summed E-state index contributed by atoms with van der Waals surface area (Å²) in [7, 11) is 4.50. The monoisotopic (exact) mass is 316 g/mol. The molecule has 2 aromatic rings. The number of methoxy groups -OCH3 is 3. The molecule has 5 nitrogen and oxygen atoms in total. The lowest BCUT2D eigenvalue weighted by atomic mass is 10.1. The molecule has 0 aromatic heterocycles. The third kappa shape index (κ3) is 3.51. The summed E-state index contributed by atoms with van der Waals surface area (Å²) in [5.74, 6) is 1.25. The van der Waals surface area contributed by atoms with E-state index in [-0.39, 0.29) is 11.5 Å². The maximum absolute atomic E-state index is 10.1. The second-order valence-electron chi connectivity index (χ2n) is 4.81. The van der Waals surface area contributed by atoms with Crippen molar-refractivity contribution < 1.29 is 24.4 Å². The lowest BCUT2D eigenvalue weighted by Gasteiger charge is -2.12. The number of phenols is 2. The third-order valence-corrected chi connectivity index (χ3v) is 3.46. The van der Waals surface area contributed by atoms with E-state index in [1.165, 1.54) is 21.3 Å². The first-order chi connectivity index (χ1) is 11.1. The van der Waals surface area contributed by atoms with Crippen LogP contribution < -0.4 is 14.2 Å². The first kappa shape index (κ1) is 16.5. The van der Waals surface area contributed by atoms with Crippen molar-refractivity contribution in [3.63, 3.8) is 0 Å². The maximum atomic E-state index is 10.1. The minimum Gasteiger partial charge on any atom is -0.504 e. The van der Waals surface area contributed by atoms with Gasteiger partial charge in [0, 0.05) is 11.1 Å². The molecule has 0 radical (unpaired) electrons. The zero-order valence-electron chi connectivity index (χ0n) is 13.4. The Bertz CT molecular complexity index is 707. The highest BCUT2D eigenvalue weighted by atomic mass is 16.5. The van der Waals surface area contributed by atoms with Crippen molar-refractivity contribution in [3.8, 4) is 28.7 Å². The molecule has 0 fully saturated rings. The number of hydrogen-bond donors (Lipinski definition) is 2. The lowest BCUT2D eigenvalue weighted by Crippen LogP contribution is -1.94. The molecule has 0 unspecified atom stereocenters. The second kappa shape index (κ2) is 7.45. The summed E-state index contributed by atoms with van der Waals surface area (Å²) in [6.07, 6.45) is 4.29. The standard InChI is InChI=1S/C18H20O5/c1-21-15-11-10-13(18(23-3)16(15)20)7-4-6-12-8-5-9-14(19)17(12)22-2/h4-6,8-11,19-20H,7H2,1-3H3. The topological polar surface area (TPSA) is 68.2 Å². The molecule has 0 heterocycles. The van der Waals surface area contributed by atoms with Crippen LogP contribution in [-0.2, 0) is 6.42 Å². The molecule has 0 saturated heterocycles. The van der Waals surface area contributed by atoms with E-state index >= 15 is 0 Å². The number of benzene rings is 2. The average Bonchev–Trinajstić information content (AvgIpc) is 2.55. The van der Waals surface area contributed by atoms with Crippen molar-refractivity contribution in [2.45, 2.75) is 6.42 Å². The fourth-order valence-corrected chi connectivity index (χ4v) is 2.36. The minimum absolute atomic E-state index is 0.0177. The van der Waals surface area contributed by atoms with Crippen LogP contribution in [0.3, 0.4) is 0 Å². The highest BCUT2D eigenvalue weighted by Gasteiger charge is 2.13.